The van der Waals surface area contributed by atoms with Crippen molar-refractivity contribution in [2.75, 3.05) is 6.54 Å². The molecule has 0 spiro atoms. The van der Waals surface area contributed by atoms with Gasteiger partial charge in [-0.3, -0.25) is 0 Å². The first-order valence-electron chi connectivity index (χ1n) is 7.20. The van der Waals surface area contributed by atoms with Crippen LogP contribution in [-0.2, 0) is 0 Å². The minimum atomic E-state index is -0.171. The quantitative estimate of drug-likeness (QED) is 0.798. The largest absolute Gasteiger partial charge is 0.307 e. The molecule has 2 aromatic carbocycles. The minimum Gasteiger partial charge on any atom is -0.307 e. The van der Waals surface area contributed by atoms with Crippen LogP contribution in [-0.4, -0.2) is 6.54 Å². The van der Waals surface area contributed by atoms with Crippen molar-refractivity contribution in [2.45, 2.75) is 33.7 Å². The highest BCUT2D eigenvalue weighted by Gasteiger charge is 2.20. The predicted molar refractivity (Wildman–Crippen MR) is 90.3 cm³/mol. The van der Waals surface area contributed by atoms with E-state index in [9.17, 15) is 4.39 Å². The first-order valence-corrected chi connectivity index (χ1v) is 8.00. The van der Waals surface area contributed by atoms with Crippen molar-refractivity contribution in [1.82, 2.24) is 5.32 Å². The van der Waals surface area contributed by atoms with Gasteiger partial charge in [-0.15, -0.1) is 0 Å². The summed E-state index contributed by atoms with van der Waals surface area (Å²) in [6.07, 6.45) is 0. The number of hydrogen-bond donors (Lipinski definition) is 1. The summed E-state index contributed by atoms with van der Waals surface area (Å²) in [7, 11) is 0. The Morgan fingerprint density at radius 3 is 2.33 bits per heavy atom. The zero-order valence-corrected chi connectivity index (χ0v) is 14.5. The van der Waals surface area contributed by atoms with E-state index in [1.807, 2.05) is 26.0 Å². The van der Waals surface area contributed by atoms with Crippen LogP contribution in [0.2, 0.25) is 0 Å². The van der Waals surface area contributed by atoms with Gasteiger partial charge in [-0.25, -0.2) is 4.39 Å². The van der Waals surface area contributed by atoms with Crippen LogP contribution in [0.4, 0.5) is 4.39 Å². The van der Waals surface area contributed by atoms with E-state index in [4.69, 9.17) is 0 Å². The molecule has 112 valence electrons. The van der Waals surface area contributed by atoms with Gasteiger partial charge in [-0.1, -0.05) is 35.0 Å². The van der Waals surface area contributed by atoms with Crippen molar-refractivity contribution < 1.29 is 4.39 Å². The second-order valence-electron chi connectivity index (χ2n) is 5.40. The van der Waals surface area contributed by atoms with E-state index in [1.54, 1.807) is 12.1 Å². The van der Waals surface area contributed by atoms with Crippen molar-refractivity contribution in [3.05, 3.63) is 68.4 Å². The molecule has 0 radical (unpaired) electrons. The van der Waals surface area contributed by atoms with Gasteiger partial charge in [0.25, 0.3) is 0 Å². The average molecular weight is 350 g/mol. The van der Waals surface area contributed by atoms with E-state index in [2.05, 4.69) is 41.2 Å². The van der Waals surface area contributed by atoms with E-state index < -0.39 is 0 Å². The molecule has 1 unspecified atom stereocenters. The molecular formula is C18H21BrFN. The number of nitrogens with one attached hydrogen (secondary N) is 1. The molecule has 0 fully saturated rings. The fourth-order valence-corrected chi connectivity index (χ4v) is 3.27. The molecule has 3 heteroatoms. The van der Waals surface area contributed by atoms with Gasteiger partial charge in [-0.05, 0) is 73.3 Å². The van der Waals surface area contributed by atoms with Crippen LogP contribution in [0.3, 0.4) is 0 Å². The van der Waals surface area contributed by atoms with Crippen molar-refractivity contribution >= 4 is 15.9 Å². The molecule has 2 rings (SSSR count). The van der Waals surface area contributed by atoms with Crippen molar-refractivity contribution in [2.24, 2.45) is 0 Å². The zero-order valence-electron chi connectivity index (χ0n) is 12.9. The Morgan fingerprint density at radius 1 is 1.14 bits per heavy atom. The highest BCUT2D eigenvalue weighted by Crippen LogP contribution is 2.32. The number of hydrogen-bond acceptors (Lipinski definition) is 1. The maximum Gasteiger partial charge on any atom is 0.123 e. The Balaban J connectivity index is 2.62. The second-order valence-corrected chi connectivity index (χ2v) is 6.25. The topological polar surface area (TPSA) is 12.0 Å². The van der Waals surface area contributed by atoms with Gasteiger partial charge >= 0.3 is 0 Å². The lowest BCUT2D eigenvalue weighted by molar-refractivity contribution is 0.604. The summed E-state index contributed by atoms with van der Waals surface area (Å²) >= 11 is 3.60. The first-order chi connectivity index (χ1) is 9.95. The minimum absolute atomic E-state index is 0.0769. The van der Waals surface area contributed by atoms with Gasteiger partial charge in [-0.2, -0.15) is 0 Å². The summed E-state index contributed by atoms with van der Waals surface area (Å²) in [5.41, 5.74) is 5.57. The van der Waals surface area contributed by atoms with Gasteiger partial charge in [0.05, 0.1) is 6.04 Å². The molecule has 0 saturated heterocycles. The van der Waals surface area contributed by atoms with Crippen LogP contribution in [0.15, 0.2) is 34.8 Å². The highest BCUT2D eigenvalue weighted by molar-refractivity contribution is 9.10. The Kier molecular flexibility index (Phi) is 5.17. The van der Waals surface area contributed by atoms with E-state index in [0.29, 0.717) is 0 Å². The van der Waals surface area contributed by atoms with Gasteiger partial charge in [0.15, 0.2) is 0 Å². The molecular weight excluding hydrogens is 329 g/mol. The SMILES string of the molecule is CCNC(c1cccc(Br)c1C)c1c(C)cc(F)cc1C. The fourth-order valence-electron chi connectivity index (χ4n) is 2.89. The molecule has 1 nitrogen and oxygen atoms in total. The number of aryl methyl sites for hydroxylation is 2. The zero-order chi connectivity index (χ0) is 15.6. The van der Waals surface area contributed by atoms with Crippen molar-refractivity contribution in [3.8, 4) is 0 Å². The molecule has 0 aromatic heterocycles. The Hall–Kier alpha value is -1.19. The highest BCUT2D eigenvalue weighted by atomic mass is 79.9. The lowest BCUT2D eigenvalue weighted by Gasteiger charge is -2.25. The molecule has 0 bridgehead atoms. The van der Waals surface area contributed by atoms with Crippen LogP contribution >= 0.6 is 15.9 Å². The molecule has 0 aliphatic carbocycles. The summed E-state index contributed by atoms with van der Waals surface area (Å²) in [4.78, 5) is 0. The summed E-state index contributed by atoms with van der Waals surface area (Å²) in [6.45, 7) is 9.01. The van der Waals surface area contributed by atoms with E-state index in [0.717, 1.165) is 22.1 Å². The van der Waals surface area contributed by atoms with Gasteiger partial charge in [0, 0.05) is 4.47 Å². The first kappa shape index (κ1) is 16.2. The summed E-state index contributed by atoms with van der Waals surface area (Å²) in [6, 6.07) is 9.53. The third-order valence-electron chi connectivity index (χ3n) is 3.88. The van der Waals surface area contributed by atoms with Crippen LogP contribution in [0, 0.1) is 26.6 Å². The molecule has 21 heavy (non-hydrogen) atoms. The third kappa shape index (κ3) is 3.35. The van der Waals surface area contributed by atoms with Gasteiger partial charge < -0.3 is 5.32 Å². The van der Waals surface area contributed by atoms with Crippen LogP contribution in [0.25, 0.3) is 0 Å². The van der Waals surface area contributed by atoms with Gasteiger partial charge in [0.2, 0.25) is 0 Å². The number of rotatable bonds is 4. The molecule has 2 aromatic rings. The summed E-state index contributed by atoms with van der Waals surface area (Å²) in [5.74, 6) is -0.171. The van der Waals surface area contributed by atoms with Crippen molar-refractivity contribution in [3.63, 3.8) is 0 Å². The van der Waals surface area contributed by atoms with E-state index in [1.165, 1.54) is 16.7 Å². The Bertz CT molecular complexity index is 629. The second kappa shape index (κ2) is 6.71. The van der Waals surface area contributed by atoms with Crippen LogP contribution in [0.1, 0.15) is 40.8 Å². The molecule has 0 aliphatic rings. The standard InChI is InChI=1S/C18H21BrFN/c1-5-21-18(15-7-6-8-16(19)13(15)4)17-11(2)9-14(20)10-12(17)3/h6-10,18,21H,5H2,1-4H3. The number of halogens is 2. The normalized spacial score (nSPS) is 12.5. The predicted octanol–water partition coefficient (Wildman–Crippen LogP) is 5.21. The maximum atomic E-state index is 13.6. The number of benzene rings is 2. The monoisotopic (exact) mass is 349 g/mol. The fraction of sp³-hybridized carbons (Fsp3) is 0.333. The van der Waals surface area contributed by atoms with Gasteiger partial charge in [0.1, 0.15) is 5.82 Å². The van der Waals surface area contributed by atoms with E-state index in [-0.39, 0.29) is 11.9 Å². The Labute approximate surface area is 134 Å². The summed E-state index contributed by atoms with van der Waals surface area (Å²) in [5, 5.41) is 3.54. The van der Waals surface area contributed by atoms with Crippen LogP contribution < -0.4 is 5.32 Å². The molecule has 0 saturated carbocycles. The lowest BCUT2D eigenvalue weighted by atomic mass is 9.89. The summed E-state index contributed by atoms with van der Waals surface area (Å²) < 4.78 is 14.7. The smallest absolute Gasteiger partial charge is 0.123 e. The molecule has 0 aliphatic heterocycles. The van der Waals surface area contributed by atoms with Crippen molar-refractivity contribution in [1.29, 1.82) is 0 Å². The molecule has 1 N–H and O–H groups in total. The maximum absolute atomic E-state index is 13.6. The Morgan fingerprint density at radius 2 is 1.76 bits per heavy atom. The van der Waals surface area contributed by atoms with Crippen LogP contribution in [0.5, 0.6) is 0 Å². The molecule has 0 heterocycles. The average Bonchev–Trinajstić information content (AvgIpc) is 2.40. The van der Waals surface area contributed by atoms with E-state index >= 15 is 0 Å². The third-order valence-corrected chi connectivity index (χ3v) is 4.74. The molecule has 0 amide bonds. The molecule has 1 atom stereocenters. The lowest BCUT2D eigenvalue weighted by Crippen LogP contribution is -2.24.